The normalized spacial score (nSPS) is 13.4. The minimum absolute atomic E-state index is 0.231. The second-order valence-electron chi connectivity index (χ2n) is 4.85. The Morgan fingerprint density at radius 3 is 2.29 bits per heavy atom. The van der Waals surface area contributed by atoms with Gasteiger partial charge in [-0.3, -0.25) is 0 Å². The third-order valence-electron chi connectivity index (χ3n) is 3.19. The van der Waals surface area contributed by atoms with E-state index in [9.17, 15) is 5.11 Å². The lowest BCUT2D eigenvalue weighted by Gasteiger charge is -2.29. The van der Waals surface area contributed by atoms with Crippen molar-refractivity contribution in [2.45, 2.75) is 26.3 Å². The van der Waals surface area contributed by atoms with Crippen molar-refractivity contribution in [2.75, 3.05) is 20.2 Å². The summed E-state index contributed by atoms with van der Waals surface area (Å²) in [4.78, 5) is 2.24. The van der Waals surface area contributed by atoms with Gasteiger partial charge in [-0.25, -0.2) is 0 Å². The zero-order chi connectivity index (χ0) is 12.8. The summed E-state index contributed by atoms with van der Waals surface area (Å²) in [6, 6.07) is 8.68. The molecule has 1 aromatic carbocycles. The summed E-state index contributed by atoms with van der Waals surface area (Å²) in [7, 11) is 2.08. The lowest BCUT2D eigenvalue weighted by molar-refractivity contribution is 0.114. The maximum atomic E-state index is 9.35. The van der Waals surface area contributed by atoms with Crippen LogP contribution < -0.4 is 0 Å². The highest BCUT2D eigenvalue weighted by Crippen LogP contribution is 2.13. The molecule has 0 fully saturated rings. The quantitative estimate of drug-likeness (QED) is 0.873. The third kappa shape index (κ3) is 4.78. The van der Waals surface area contributed by atoms with Gasteiger partial charge in [0.2, 0.25) is 0 Å². The topological polar surface area (TPSA) is 23.5 Å². The standard InChI is InChI=1S/C14H22BrNO/c1-11(2)14(10-17)16(3)9-8-12-4-6-13(15)7-5-12/h4-7,11,14,17H,8-10H2,1-3H3. The molecule has 1 atom stereocenters. The van der Waals surface area contributed by atoms with Gasteiger partial charge in [-0.1, -0.05) is 41.9 Å². The molecule has 2 nitrogen and oxygen atoms in total. The van der Waals surface area contributed by atoms with Gasteiger partial charge in [0.25, 0.3) is 0 Å². The predicted octanol–water partition coefficient (Wildman–Crippen LogP) is 2.94. The van der Waals surface area contributed by atoms with Crippen LogP contribution in [0.3, 0.4) is 0 Å². The number of hydrogen-bond donors (Lipinski definition) is 1. The van der Waals surface area contributed by atoms with E-state index in [1.54, 1.807) is 0 Å². The van der Waals surface area contributed by atoms with Gasteiger partial charge in [0.15, 0.2) is 0 Å². The SMILES string of the molecule is CC(C)C(CO)N(C)CCc1ccc(Br)cc1. The zero-order valence-electron chi connectivity index (χ0n) is 10.9. The fourth-order valence-electron chi connectivity index (χ4n) is 1.98. The highest BCUT2D eigenvalue weighted by Gasteiger charge is 2.16. The van der Waals surface area contributed by atoms with E-state index in [4.69, 9.17) is 0 Å². The van der Waals surface area contributed by atoms with Crippen molar-refractivity contribution < 1.29 is 5.11 Å². The summed E-state index contributed by atoms with van der Waals surface area (Å²) in [6.07, 6.45) is 1.02. The van der Waals surface area contributed by atoms with Gasteiger partial charge < -0.3 is 10.0 Å². The number of benzene rings is 1. The van der Waals surface area contributed by atoms with E-state index >= 15 is 0 Å². The van der Waals surface area contributed by atoms with Gasteiger partial charge in [0.05, 0.1) is 6.61 Å². The number of nitrogens with zero attached hydrogens (tertiary/aromatic N) is 1. The van der Waals surface area contributed by atoms with Crippen LogP contribution in [0.5, 0.6) is 0 Å². The highest BCUT2D eigenvalue weighted by atomic mass is 79.9. The van der Waals surface area contributed by atoms with E-state index in [1.165, 1.54) is 5.56 Å². The molecule has 1 aromatic rings. The molecule has 0 heterocycles. The van der Waals surface area contributed by atoms with Crippen molar-refractivity contribution in [1.29, 1.82) is 0 Å². The monoisotopic (exact) mass is 299 g/mol. The van der Waals surface area contributed by atoms with Crippen LogP contribution in [0.15, 0.2) is 28.7 Å². The summed E-state index contributed by atoms with van der Waals surface area (Å²) in [5, 5.41) is 9.35. The number of likely N-dealkylation sites (N-methyl/N-ethyl adjacent to an activating group) is 1. The average molecular weight is 300 g/mol. The molecule has 0 saturated carbocycles. The minimum Gasteiger partial charge on any atom is -0.395 e. The van der Waals surface area contributed by atoms with Gasteiger partial charge in [0.1, 0.15) is 0 Å². The molecule has 1 N–H and O–H groups in total. The first-order valence-corrected chi connectivity index (χ1v) is 6.89. The van der Waals surface area contributed by atoms with Crippen LogP contribution in [0.2, 0.25) is 0 Å². The highest BCUT2D eigenvalue weighted by molar-refractivity contribution is 9.10. The van der Waals surface area contributed by atoms with E-state index in [1.807, 2.05) is 0 Å². The summed E-state index contributed by atoms with van der Waals surface area (Å²) in [6.45, 7) is 5.51. The maximum Gasteiger partial charge on any atom is 0.0589 e. The Labute approximate surface area is 113 Å². The molecule has 0 spiro atoms. The van der Waals surface area contributed by atoms with Crippen LogP contribution >= 0.6 is 15.9 Å². The molecule has 0 amide bonds. The molecule has 1 rings (SSSR count). The van der Waals surface area contributed by atoms with E-state index < -0.39 is 0 Å². The van der Waals surface area contributed by atoms with Crippen LogP contribution in [-0.2, 0) is 6.42 Å². The Hall–Kier alpha value is -0.380. The van der Waals surface area contributed by atoms with E-state index in [0.29, 0.717) is 5.92 Å². The number of aliphatic hydroxyl groups is 1. The summed E-state index contributed by atoms with van der Waals surface area (Å²) in [5.74, 6) is 0.481. The first-order valence-electron chi connectivity index (χ1n) is 6.10. The molecular formula is C14H22BrNO. The number of hydrogen-bond acceptors (Lipinski definition) is 2. The number of rotatable bonds is 6. The second-order valence-corrected chi connectivity index (χ2v) is 5.77. The first-order chi connectivity index (χ1) is 8.04. The molecule has 0 saturated heterocycles. The number of halogens is 1. The van der Waals surface area contributed by atoms with Crippen molar-refractivity contribution >= 4 is 15.9 Å². The van der Waals surface area contributed by atoms with Crippen LogP contribution in [-0.4, -0.2) is 36.2 Å². The lowest BCUT2D eigenvalue weighted by atomic mass is 10.0. The van der Waals surface area contributed by atoms with E-state index in [2.05, 4.69) is 66.0 Å². The molecule has 3 heteroatoms. The van der Waals surface area contributed by atoms with Crippen molar-refractivity contribution in [2.24, 2.45) is 5.92 Å². The Morgan fingerprint density at radius 2 is 1.82 bits per heavy atom. The molecule has 0 aliphatic carbocycles. The molecule has 0 aromatic heterocycles. The summed E-state index contributed by atoms with van der Waals surface area (Å²) in [5.41, 5.74) is 1.33. The van der Waals surface area contributed by atoms with Crippen LogP contribution in [0.4, 0.5) is 0 Å². The summed E-state index contributed by atoms with van der Waals surface area (Å²) >= 11 is 3.44. The van der Waals surface area contributed by atoms with Crippen LogP contribution in [0, 0.1) is 5.92 Å². The Morgan fingerprint density at radius 1 is 1.24 bits per heavy atom. The van der Waals surface area contributed by atoms with Gasteiger partial charge in [-0.2, -0.15) is 0 Å². The fraction of sp³-hybridized carbons (Fsp3) is 0.571. The van der Waals surface area contributed by atoms with E-state index in [0.717, 1.165) is 17.4 Å². The molecular weight excluding hydrogens is 278 g/mol. The smallest absolute Gasteiger partial charge is 0.0589 e. The van der Waals surface area contributed by atoms with Crippen LogP contribution in [0.1, 0.15) is 19.4 Å². The Balaban J connectivity index is 2.47. The lowest BCUT2D eigenvalue weighted by Crippen LogP contribution is -2.39. The van der Waals surface area contributed by atoms with Gasteiger partial charge in [-0.05, 0) is 37.1 Å². The van der Waals surface area contributed by atoms with Gasteiger partial charge in [0, 0.05) is 17.1 Å². The first kappa shape index (κ1) is 14.7. The van der Waals surface area contributed by atoms with Crippen molar-refractivity contribution in [3.63, 3.8) is 0 Å². The molecule has 0 aliphatic heterocycles. The molecule has 0 radical (unpaired) electrons. The van der Waals surface area contributed by atoms with Crippen molar-refractivity contribution in [1.82, 2.24) is 4.90 Å². The Kier molecular flexibility index (Phi) is 6.17. The second kappa shape index (κ2) is 7.14. The molecule has 1 unspecified atom stereocenters. The van der Waals surface area contributed by atoms with E-state index in [-0.39, 0.29) is 12.6 Å². The zero-order valence-corrected chi connectivity index (χ0v) is 12.4. The van der Waals surface area contributed by atoms with Crippen molar-refractivity contribution in [3.8, 4) is 0 Å². The average Bonchev–Trinajstić information content (AvgIpc) is 2.28. The minimum atomic E-state index is 0.231. The molecule has 96 valence electrons. The number of aliphatic hydroxyl groups excluding tert-OH is 1. The summed E-state index contributed by atoms with van der Waals surface area (Å²) < 4.78 is 1.12. The largest absolute Gasteiger partial charge is 0.395 e. The molecule has 17 heavy (non-hydrogen) atoms. The third-order valence-corrected chi connectivity index (χ3v) is 3.72. The maximum absolute atomic E-state index is 9.35. The predicted molar refractivity (Wildman–Crippen MR) is 76.2 cm³/mol. The fourth-order valence-corrected chi connectivity index (χ4v) is 2.25. The van der Waals surface area contributed by atoms with Gasteiger partial charge >= 0.3 is 0 Å². The Bertz CT molecular complexity index is 323. The molecule has 0 aliphatic rings. The van der Waals surface area contributed by atoms with Gasteiger partial charge in [-0.15, -0.1) is 0 Å². The van der Waals surface area contributed by atoms with Crippen LogP contribution in [0.25, 0.3) is 0 Å². The molecule has 0 bridgehead atoms. The van der Waals surface area contributed by atoms with Crippen molar-refractivity contribution in [3.05, 3.63) is 34.3 Å².